The Balaban J connectivity index is 1.99. The standard InChI is InChI=1S/C25H26N4O7/c1-15-7-6-10-20-23(15)29(13-21(32)26-18(14-30)11-22(33)34)25(36)19(12-28(20)16(2)31)27-24(35)17-8-4-3-5-9-17/h3-10,14,18-19H,11-13H2,1-2H3,(H,26,32)(H,27,35)(H,33,34)/t18-,19-/m0/s1. The van der Waals surface area contributed by atoms with E-state index in [4.69, 9.17) is 5.11 Å². The molecule has 0 aliphatic carbocycles. The van der Waals surface area contributed by atoms with E-state index >= 15 is 0 Å². The molecule has 0 saturated carbocycles. The van der Waals surface area contributed by atoms with Crippen molar-refractivity contribution in [2.24, 2.45) is 0 Å². The molecule has 0 unspecified atom stereocenters. The molecule has 2 aromatic rings. The fourth-order valence-electron chi connectivity index (χ4n) is 3.98. The lowest BCUT2D eigenvalue weighted by molar-refractivity contribution is -0.139. The first kappa shape index (κ1) is 26.1. The van der Waals surface area contributed by atoms with E-state index in [-0.39, 0.29) is 12.5 Å². The van der Waals surface area contributed by atoms with Crippen molar-refractivity contribution in [3.05, 3.63) is 59.7 Å². The highest BCUT2D eigenvalue weighted by Gasteiger charge is 2.38. The van der Waals surface area contributed by atoms with Crippen LogP contribution >= 0.6 is 0 Å². The normalized spacial score (nSPS) is 15.8. The molecule has 0 aromatic heterocycles. The zero-order valence-corrected chi connectivity index (χ0v) is 19.8. The highest BCUT2D eigenvalue weighted by Crippen LogP contribution is 2.36. The van der Waals surface area contributed by atoms with Crippen molar-refractivity contribution in [1.82, 2.24) is 10.6 Å². The fourth-order valence-corrected chi connectivity index (χ4v) is 3.98. The number of rotatable bonds is 8. The van der Waals surface area contributed by atoms with Crippen LogP contribution in [0.15, 0.2) is 48.5 Å². The lowest BCUT2D eigenvalue weighted by Crippen LogP contribution is -2.54. The summed E-state index contributed by atoms with van der Waals surface area (Å²) in [6, 6.07) is 10.8. The van der Waals surface area contributed by atoms with Crippen molar-refractivity contribution in [1.29, 1.82) is 0 Å². The van der Waals surface area contributed by atoms with Gasteiger partial charge in [-0.15, -0.1) is 0 Å². The van der Waals surface area contributed by atoms with E-state index in [1.807, 2.05) is 0 Å². The molecule has 11 nitrogen and oxygen atoms in total. The average molecular weight is 495 g/mol. The summed E-state index contributed by atoms with van der Waals surface area (Å²) in [5.41, 5.74) is 1.57. The van der Waals surface area contributed by atoms with Gasteiger partial charge >= 0.3 is 5.97 Å². The van der Waals surface area contributed by atoms with Gasteiger partial charge in [-0.1, -0.05) is 30.3 Å². The van der Waals surface area contributed by atoms with E-state index in [0.29, 0.717) is 28.8 Å². The van der Waals surface area contributed by atoms with Crippen LogP contribution in [0, 0.1) is 6.92 Å². The van der Waals surface area contributed by atoms with Crippen LogP contribution in [-0.4, -0.2) is 66.2 Å². The second-order valence-electron chi connectivity index (χ2n) is 8.30. The summed E-state index contributed by atoms with van der Waals surface area (Å²) in [6.07, 6.45) is -0.317. The van der Waals surface area contributed by atoms with E-state index in [2.05, 4.69) is 10.6 Å². The van der Waals surface area contributed by atoms with E-state index in [0.717, 1.165) is 4.90 Å². The Hall–Kier alpha value is -4.54. The number of aldehydes is 1. The lowest BCUT2D eigenvalue weighted by atomic mass is 10.1. The quantitative estimate of drug-likeness (QED) is 0.456. The Morgan fingerprint density at radius 3 is 2.42 bits per heavy atom. The van der Waals surface area contributed by atoms with E-state index < -0.39 is 48.7 Å². The third kappa shape index (κ3) is 5.93. The van der Waals surface area contributed by atoms with Crippen molar-refractivity contribution < 1.29 is 33.9 Å². The monoisotopic (exact) mass is 494 g/mol. The third-order valence-corrected chi connectivity index (χ3v) is 5.63. The van der Waals surface area contributed by atoms with Gasteiger partial charge in [0.25, 0.3) is 11.8 Å². The van der Waals surface area contributed by atoms with Crippen LogP contribution in [-0.2, 0) is 24.0 Å². The highest BCUT2D eigenvalue weighted by molar-refractivity contribution is 6.11. The van der Waals surface area contributed by atoms with Crippen molar-refractivity contribution in [3.8, 4) is 0 Å². The Kier molecular flexibility index (Phi) is 8.15. The predicted octanol–water partition coefficient (Wildman–Crippen LogP) is 0.652. The Labute approximate surface area is 207 Å². The number of amides is 4. The van der Waals surface area contributed by atoms with Crippen LogP contribution < -0.4 is 20.4 Å². The van der Waals surface area contributed by atoms with Gasteiger partial charge in [0.2, 0.25) is 11.8 Å². The van der Waals surface area contributed by atoms with Crippen molar-refractivity contribution in [3.63, 3.8) is 0 Å². The maximum atomic E-state index is 13.7. The van der Waals surface area contributed by atoms with Gasteiger partial charge in [-0.3, -0.25) is 28.9 Å². The summed E-state index contributed by atoms with van der Waals surface area (Å²) < 4.78 is 0. The smallest absolute Gasteiger partial charge is 0.305 e. The molecule has 1 aliphatic rings. The van der Waals surface area contributed by atoms with Gasteiger partial charge in [-0.05, 0) is 30.7 Å². The minimum atomic E-state index is -1.28. The third-order valence-electron chi connectivity index (χ3n) is 5.63. The zero-order chi connectivity index (χ0) is 26.4. The molecule has 0 bridgehead atoms. The van der Waals surface area contributed by atoms with Gasteiger partial charge in [0.1, 0.15) is 18.9 Å². The summed E-state index contributed by atoms with van der Waals surface area (Å²) in [7, 11) is 0. The molecule has 0 radical (unpaired) electrons. The van der Waals surface area contributed by atoms with Crippen molar-refractivity contribution in [2.45, 2.75) is 32.4 Å². The van der Waals surface area contributed by atoms with Gasteiger partial charge < -0.3 is 25.4 Å². The molecule has 0 saturated heterocycles. The van der Waals surface area contributed by atoms with Crippen LogP contribution in [0.5, 0.6) is 0 Å². The largest absolute Gasteiger partial charge is 0.481 e. The van der Waals surface area contributed by atoms with Crippen molar-refractivity contribution in [2.75, 3.05) is 22.9 Å². The summed E-state index contributed by atoms with van der Waals surface area (Å²) in [4.78, 5) is 76.5. The number of carbonyl (C=O) groups excluding carboxylic acids is 5. The molecule has 4 amide bonds. The first-order valence-electron chi connectivity index (χ1n) is 11.1. The van der Waals surface area contributed by atoms with Crippen LogP contribution in [0.3, 0.4) is 0 Å². The number of hydrogen-bond acceptors (Lipinski definition) is 6. The summed E-state index contributed by atoms with van der Waals surface area (Å²) >= 11 is 0. The molecule has 1 aliphatic heterocycles. The van der Waals surface area contributed by atoms with E-state index in [9.17, 15) is 28.8 Å². The Bertz CT molecular complexity index is 1200. The van der Waals surface area contributed by atoms with Crippen molar-refractivity contribution >= 4 is 47.3 Å². The number of para-hydroxylation sites is 1. The number of hydrogen-bond donors (Lipinski definition) is 3. The molecule has 0 fully saturated rings. The van der Waals surface area contributed by atoms with Gasteiger partial charge in [-0.25, -0.2) is 0 Å². The Morgan fingerprint density at radius 1 is 1.11 bits per heavy atom. The van der Waals surface area contributed by atoms with Gasteiger partial charge in [0.05, 0.1) is 30.4 Å². The lowest BCUT2D eigenvalue weighted by Gasteiger charge is -2.27. The molecular weight excluding hydrogens is 468 g/mol. The second kappa shape index (κ2) is 11.3. The fraction of sp³-hybridized carbons (Fsp3) is 0.280. The molecule has 36 heavy (non-hydrogen) atoms. The molecule has 188 valence electrons. The highest BCUT2D eigenvalue weighted by atomic mass is 16.4. The molecular formula is C25H26N4O7. The Morgan fingerprint density at radius 2 is 1.81 bits per heavy atom. The second-order valence-corrected chi connectivity index (χ2v) is 8.30. The van der Waals surface area contributed by atoms with E-state index in [1.54, 1.807) is 55.5 Å². The number of benzene rings is 2. The number of anilines is 2. The van der Waals surface area contributed by atoms with E-state index in [1.165, 1.54) is 11.8 Å². The number of fused-ring (bicyclic) bond motifs is 1. The molecule has 0 spiro atoms. The maximum absolute atomic E-state index is 13.7. The molecule has 11 heteroatoms. The number of carboxylic acid groups (broad SMARTS) is 1. The number of carbonyl (C=O) groups is 6. The SMILES string of the molecule is CC(=O)N1C[C@H](NC(=O)c2ccccc2)C(=O)N(CC(=O)N[C@H](C=O)CC(=O)O)c2c(C)cccc21. The number of nitrogens with zero attached hydrogens (tertiary/aromatic N) is 2. The summed E-state index contributed by atoms with van der Waals surface area (Å²) in [5, 5.41) is 13.9. The maximum Gasteiger partial charge on any atom is 0.305 e. The molecule has 2 atom stereocenters. The minimum Gasteiger partial charge on any atom is -0.481 e. The van der Waals surface area contributed by atoms with Crippen LogP contribution in [0.4, 0.5) is 11.4 Å². The van der Waals surface area contributed by atoms with Crippen LogP contribution in [0.1, 0.15) is 29.3 Å². The van der Waals surface area contributed by atoms with Gasteiger partial charge in [0.15, 0.2) is 0 Å². The number of carboxylic acids is 1. The first-order valence-corrected chi connectivity index (χ1v) is 11.1. The van der Waals surface area contributed by atoms with Gasteiger partial charge in [-0.2, -0.15) is 0 Å². The molecule has 1 heterocycles. The van der Waals surface area contributed by atoms with Crippen LogP contribution in [0.2, 0.25) is 0 Å². The molecule has 2 aromatic carbocycles. The van der Waals surface area contributed by atoms with Crippen LogP contribution in [0.25, 0.3) is 0 Å². The summed E-state index contributed by atoms with van der Waals surface area (Å²) in [5.74, 6) is -3.61. The first-order chi connectivity index (χ1) is 17.1. The molecule has 3 N–H and O–H groups in total. The zero-order valence-electron chi connectivity index (χ0n) is 19.8. The number of aliphatic carboxylic acids is 1. The minimum absolute atomic E-state index is 0.169. The topological polar surface area (TPSA) is 153 Å². The molecule has 3 rings (SSSR count). The number of nitrogens with one attached hydrogen (secondary N) is 2. The van der Waals surface area contributed by atoms with Gasteiger partial charge in [0, 0.05) is 12.5 Å². The summed E-state index contributed by atoms with van der Waals surface area (Å²) in [6.45, 7) is 2.30. The average Bonchev–Trinajstić information content (AvgIpc) is 2.95. The predicted molar refractivity (Wildman–Crippen MR) is 130 cm³/mol. The number of aryl methyl sites for hydroxylation is 1.